The van der Waals surface area contributed by atoms with Gasteiger partial charge in [0.2, 0.25) is 0 Å². The molecule has 1 unspecified atom stereocenters. The highest BCUT2D eigenvalue weighted by Crippen LogP contribution is 2.40. The fourth-order valence-corrected chi connectivity index (χ4v) is 7.40. The largest absolute Gasteiger partial charge is 0.424 e. The Bertz CT molecular complexity index is 727. The lowest BCUT2D eigenvalue weighted by atomic mass is 10.0. The van der Waals surface area contributed by atoms with Gasteiger partial charge in [0.1, 0.15) is 11.7 Å². The van der Waals surface area contributed by atoms with Crippen LogP contribution < -0.4 is 10.4 Å². The minimum atomic E-state index is -2.95. The fraction of sp³-hybridized carbons (Fsp3) is 0.391. The van der Waals surface area contributed by atoms with Gasteiger partial charge < -0.3 is 14.6 Å². The van der Waals surface area contributed by atoms with E-state index >= 15 is 0 Å². The van der Waals surface area contributed by atoms with Crippen LogP contribution in [0.1, 0.15) is 33.6 Å². The highest BCUT2D eigenvalue weighted by atomic mass is 28.4. The molecule has 3 nitrogen and oxygen atoms in total. The number of aliphatic hydroxyl groups is 1. The molecule has 3 rings (SSSR count). The zero-order valence-corrected chi connectivity index (χ0v) is 17.4. The van der Waals surface area contributed by atoms with Crippen molar-refractivity contribution in [2.75, 3.05) is 6.61 Å². The lowest BCUT2D eigenvalue weighted by molar-refractivity contribution is 0.123. The van der Waals surface area contributed by atoms with Crippen molar-refractivity contribution in [3.05, 3.63) is 72.8 Å². The van der Waals surface area contributed by atoms with Crippen molar-refractivity contribution in [1.29, 1.82) is 0 Å². The van der Waals surface area contributed by atoms with Gasteiger partial charge in [0.25, 0.3) is 8.32 Å². The normalized spacial score (nSPS) is 21.4. The molecule has 0 saturated carbocycles. The third-order valence-electron chi connectivity index (χ3n) is 5.84. The second-order valence-electron chi connectivity index (χ2n) is 8.34. The lowest BCUT2D eigenvalue weighted by Gasteiger charge is -2.41. The smallest absolute Gasteiger partial charge is 0.258 e. The average molecular weight is 383 g/mol. The van der Waals surface area contributed by atoms with Crippen LogP contribution in [0.3, 0.4) is 0 Å². The Balaban J connectivity index is 1.82. The van der Waals surface area contributed by atoms with E-state index < -0.39 is 20.0 Å². The van der Waals surface area contributed by atoms with Crippen LogP contribution in [0.15, 0.2) is 72.8 Å². The molecule has 2 aromatic carbocycles. The van der Waals surface area contributed by atoms with Gasteiger partial charge >= 0.3 is 0 Å². The van der Waals surface area contributed by atoms with Crippen molar-refractivity contribution >= 4 is 18.7 Å². The Hall–Kier alpha value is -1.72. The number of epoxide rings is 1. The number of hydrogen-bond donors (Lipinski definition) is 2. The van der Waals surface area contributed by atoms with Crippen LogP contribution in [-0.2, 0) is 4.74 Å². The van der Waals surface area contributed by atoms with E-state index in [2.05, 4.69) is 13.8 Å². The Labute approximate surface area is 163 Å². The molecular formula is C23H30O3Si. The summed E-state index contributed by atoms with van der Waals surface area (Å²) in [5.41, 5.74) is -0.407. The Morgan fingerprint density at radius 2 is 1.56 bits per heavy atom. The molecule has 0 spiro atoms. The summed E-state index contributed by atoms with van der Waals surface area (Å²) in [5, 5.41) is 11.9. The van der Waals surface area contributed by atoms with Crippen LogP contribution >= 0.6 is 0 Å². The van der Waals surface area contributed by atoms with Gasteiger partial charge in [-0.3, -0.25) is 0 Å². The van der Waals surface area contributed by atoms with E-state index in [9.17, 15) is 9.90 Å². The van der Waals surface area contributed by atoms with Gasteiger partial charge in [-0.15, -0.1) is 0 Å². The van der Waals surface area contributed by atoms with Crippen LogP contribution in [0.4, 0.5) is 0 Å². The molecule has 0 aromatic heterocycles. The maximum absolute atomic E-state index is 12.1. The first-order chi connectivity index (χ1) is 12.8. The zero-order valence-electron chi connectivity index (χ0n) is 16.4. The number of aliphatic hydroxyl groups excluding tert-OH is 1. The Morgan fingerprint density at radius 1 is 1.07 bits per heavy atom. The van der Waals surface area contributed by atoms with Crippen molar-refractivity contribution in [3.63, 3.8) is 0 Å². The van der Waals surface area contributed by atoms with Crippen molar-refractivity contribution in [2.45, 2.75) is 50.4 Å². The molecule has 1 fully saturated rings. The molecular weight excluding hydrogens is 352 g/mol. The number of allylic oxidation sites excluding steroid dienone is 1. The van der Waals surface area contributed by atoms with E-state index in [4.69, 9.17) is 4.74 Å². The van der Waals surface area contributed by atoms with E-state index in [0.717, 1.165) is 23.2 Å². The van der Waals surface area contributed by atoms with Gasteiger partial charge in [0, 0.05) is 0 Å². The number of benzene rings is 2. The summed E-state index contributed by atoms with van der Waals surface area (Å²) < 4.78 is 5.29. The van der Waals surface area contributed by atoms with Crippen molar-refractivity contribution < 1.29 is 14.6 Å². The maximum atomic E-state index is 12.1. The van der Waals surface area contributed by atoms with Gasteiger partial charge in [-0.1, -0.05) is 86.7 Å². The van der Waals surface area contributed by atoms with E-state index in [-0.39, 0.29) is 5.04 Å². The Morgan fingerprint density at radius 3 is 2.00 bits per heavy atom. The zero-order chi connectivity index (χ0) is 19.5. The first-order valence-electron chi connectivity index (χ1n) is 9.62. The van der Waals surface area contributed by atoms with Crippen LogP contribution in [0, 0.1) is 0 Å². The number of rotatable bonds is 8. The molecule has 4 heteroatoms. The highest BCUT2D eigenvalue weighted by Gasteiger charge is 2.49. The lowest BCUT2D eigenvalue weighted by Crippen LogP contribution is -2.65. The van der Waals surface area contributed by atoms with E-state index in [1.54, 1.807) is 0 Å². The molecule has 27 heavy (non-hydrogen) atoms. The predicted octanol–water partition coefficient (Wildman–Crippen LogP) is 3.01. The van der Waals surface area contributed by atoms with E-state index in [1.165, 1.54) is 0 Å². The van der Waals surface area contributed by atoms with Gasteiger partial charge in [-0.25, -0.2) is 0 Å². The van der Waals surface area contributed by atoms with Gasteiger partial charge in [0.15, 0.2) is 0 Å². The summed E-state index contributed by atoms with van der Waals surface area (Å²) >= 11 is 0. The van der Waals surface area contributed by atoms with Crippen molar-refractivity contribution in [1.82, 2.24) is 0 Å². The summed E-state index contributed by atoms with van der Waals surface area (Å²) in [6.45, 7) is 6.85. The number of ether oxygens (including phenoxy) is 1. The summed E-state index contributed by atoms with van der Waals surface area (Å²) in [6, 6.07) is 20.2. The summed E-state index contributed by atoms with van der Waals surface area (Å²) in [5.74, 6) is 0. The Kier molecular flexibility index (Phi) is 5.73. The molecule has 1 heterocycles. The highest BCUT2D eigenvalue weighted by molar-refractivity contribution is 6.98. The fourth-order valence-electron chi connectivity index (χ4n) is 3.65. The van der Waals surface area contributed by atoms with Crippen LogP contribution in [0.5, 0.6) is 0 Å². The van der Waals surface area contributed by atoms with Crippen molar-refractivity contribution in [2.24, 2.45) is 0 Å². The van der Waals surface area contributed by atoms with Crippen LogP contribution in [-0.4, -0.2) is 36.5 Å². The summed E-state index contributed by atoms with van der Waals surface area (Å²) in [6.07, 6.45) is 4.91. The minimum absolute atomic E-state index is 0.273. The molecule has 0 aliphatic carbocycles. The predicted molar refractivity (Wildman–Crippen MR) is 113 cm³/mol. The second-order valence-corrected chi connectivity index (χ2v) is 12.3. The molecule has 1 saturated heterocycles. The van der Waals surface area contributed by atoms with Gasteiger partial charge in [-0.05, 0) is 35.2 Å². The van der Waals surface area contributed by atoms with E-state index in [0.29, 0.717) is 6.61 Å². The SMILES string of the molecule is CC1([C@H](O)/C=C\CCC(C)(C)[Si](O)(c2ccccc2)c2ccccc2)CO1. The standard InChI is InChI=1S/C23H30O3Si/c1-22(2,17-11-10-16-21(24)23(3)18-26-23)27(25,19-12-6-4-7-13-19)20-14-8-5-9-15-20/h4-10,12-16,21,24-25H,11,17-18H2,1-3H3/b16-10-/t21-,23?/m1/s1. The van der Waals surface area contributed by atoms with Crippen LogP contribution in [0.25, 0.3) is 0 Å². The quantitative estimate of drug-likeness (QED) is 0.419. The topological polar surface area (TPSA) is 53.0 Å². The molecule has 144 valence electrons. The molecule has 1 aliphatic heterocycles. The molecule has 2 atom stereocenters. The summed E-state index contributed by atoms with van der Waals surface area (Å²) in [7, 11) is -2.95. The molecule has 1 aliphatic rings. The third kappa shape index (κ3) is 4.09. The number of hydrogen-bond acceptors (Lipinski definition) is 3. The molecule has 0 radical (unpaired) electrons. The molecule has 0 amide bonds. The average Bonchev–Trinajstić information content (AvgIpc) is 3.44. The van der Waals surface area contributed by atoms with Gasteiger partial charge in [0.05, 0.1) is 6.61 Å². The molecule has 2 N–H and O–H groups in total. The van der Waals surface area contributed by atoms with Gasteiger partial charge in [-0.2, -0.15) is 0 Å². The van der Waals surface area contributed by atoms with E-state index in [1.807, 2.05) is 79.7 Å². The molecule has 0 bridgehead atoms. The van der Waals surface area contributed by atoms with Crippen molar-refractivity contribution in [3.8, 4) is 0 Å². The maximum Gasteiger partial charge on any atom is 0.258 e. The monoisotopic (exact) mass is 382 g/mol. The first kappa shape index (κ1) is 20.0. The molecule has 2 aromatic rings. The van der Waals surface area contributed by atoms with Crippen LogP contribution in [0.2, 0.25) is 5.04 Å². The minimum Gasteiger partial charge on any atom is -0.424 e. The second kappa shape index (κ2) is 7.72. The summed E-state index contributed by atoms with van der Waals surface area (Å²) in [4.78, 5) is 12.1. The first-order valence-corrected chi connectivity index (χ1v) is 11.6. The third-order valence-corrected chi connectivity index (χ3v) is 10.4.